The van der Waals surface area contributed by atoms with Crippen LogP contribution < -0.4 is 5.32 Å². The lowest BCUT2D eigenvalue weighted by Crippen LogP contribution is -2.51. The molecule has 0 aromatic carbocycles. The van der Waals surface area contributed by atoms with E-state index in [1.54, 1.807) is 0 Å². The fourth-order valence-corrected chi connectivity index (χ4v) is 4.82. The van der Waals surface area contributed by atoms with E-state index in [4.69, 9.17) is 4.74 Å². The van der Waals surface area contributed by atoms with Crippen molar-refractivity contribution >= 4 is 11.8 Å². The minimum atomic E-state index is -0.293. The molecular formula is C23H34N6O3. The van der Waals surface area contributed by atoms with Gasteiger partial charge in [0.05, 0.1) is 17.9 Å². The zero-order valence-electron chi connectivity index (χ0n) is 19.8. The van der Waals surface area contributed by atoms with Crippen LogP contribution in [-0.2, 0) is 36.2 Å². The van der Waals surface area contributed by atoms with Gasteiger partial charge in [-0.2, -0.15) is 10.2 Å². The number of hydrogen-bond acceptors (Lipinski definition) is 5. The molecule has 0 unspecified atom stereocenters. The van der Waals surface area contributed by atoms with Gasteiger partial charge in [-0.1, -0.05) is 0 Å². The van der Waals surface area contributed by atoms with Crippen molar-refractivity contribution in [3.8, 4) is 0 Å². The van der Waals surface area contributed by atoms with Gasteiger partial charge in [-0.05, 0) is 46.6 Å². The quantitative estimate of drug-likeness (QED) is 0.763. The molecule has 1 spiro atoms. The number of nitrogens with one attached hydrogen (secondary N) is 1. The number of hydrogen-bond donors (Lipinski definition) is 1. The van der Waals surface area contributed by atoms with Gasteiger partial charge in [-0.25, -0.2) is 0 Å². The van der Waals surface area contributed by atoms with E-state index in [0.29, 0.717) is 44.8 Å². The highest BCUT2D eigenvalue weighted by molar-refractivity contribution is 5.94. The minimum Gasteiger partial charge on any atom is -0.370 e. The fourth-order valence-electron chi connectivity index (χ4n) is 4.82. The van der Waals surface area contributed by atoms with E-state index < -0.39 is 0 Å². The Hall–Kier alpha value is -2.68. The molecule has 32 heavy (non-hydrogen) atoms. The molecule has 9 nitrogen and oxygen atoms in total. The Kier molecular flexibility index (Phi) is 6.11. The Morgan fingerprint density at radius 2 is 1.94 bits per heavy atom. The second-order valence-corrected chi connectivity index (χ2v) is 9.46. The summed E-state index contributed by atoms with van der Waals surface area (Å²) < 4.78 is 10.1. The summed E-state index contributed by atoms with van der Waals surface area (Å²) in [6.45, 7) is 10.2. The molecule has 0 aliphatic carbocycles. The van der Waals surface area contributed by atoms with Gasteiger partial charge in [-0.15, -0.1) is 0 Å². The zero-order chi connectivity index (χ0) is 23.0. The molecule has 2 aromatic heterocycles. The largest absolute Gasteiger partial charge is 0.370 e. The van der Waals surface area contributed by atoms with E-state index in [9.17, 15) is 9.59 Å². The number of amides is 2. The first-order valence-electron chi connectivity index (χ1n) is 11.5. The summed E-state index contributed by atoms with van der Waals surface area (Å²) in [7, 11) is 1.89. The van der Waals surface area contributed by atoms with Crippen molar-refractivity contribution in [1.29, 1.82) is 0 Å². The van der Waals surface area contributed by atoms with Gasteiger partial charge in [-0.3, -0.25) is 19.0 Å². The van der Waals surface area contributed by atoms with E-state index in [2.05, 4.69) is 15.5 Å². The van der Waals surface area contributed by atoms with Crippen LogP contribution in [0.15, 0.2) is 6.07 Å². The van der Waals surface area contributed by atoms with Gasteiger partial charge < -0.3 is 15.0 Å². The third-order valence-corrected chi connectivity index (χ3v) is 6.59. The lowest BCUT2D eigenvalue weighted by atomic mass is 9.83. The number of carbonyl (C=O) groups excluding carboxylic acids is 2. The maximum Gasteiger partial charge on any atom is 0.272 e. The topological polar surface area (TPSA) is 94.3 Å². The molecule has 2 aliphatic rings. The van der Waals surface area contributed by atoms with Crippen LogP contribution in [0.3, 0.4) is 0 Å². The second kappa shape index (κ2) is 8.69. The molecule has 0 saturated carbocycles. The number of aryl methyl sites for hydroxylation is 4. The van der Waals surface area contributed by atoms with E-state index in [1.807, 2.05) is 55.1 Å². The smallest absolute Gasteiger partial charge is 0.272 e. The van der Waals surface area contributed by atoms with Gasteiger partial charge >= 0.3 is 0 Å². The van der Waals surface area contributed by atoms with Crippen molar-refractivity contribution in [3.63, 3.8) is 0 Å². The van der Waals surface area contributed by atoms with Crippen LogP contribution in [0.2, 0.25) is 0 Å². The van der Waals surface area contributed by atoms with Crippen LogP contribution in [0, 0.1) is 13.8 Å². The molecule has 4 rings (SSSR count). The van der Waals surface area contributed by atoms with Gasteiger partial charge in [0.1, 0.15) is 0 Å². The second-order valence-electron chi connectivity index (χ2n) is 9.46. The predicted molar refractivity (Wildman–Crippen MR) is 119 cm³/mol. The molecule has 1 N–H and O–H groups in total. The summed E-state index contributed by atoms with van der Waals surface area (Å²) >= 11 is 0. The monoisotopic (exact) mass is 442 g/mol. The number of nitrogens with zero attached hydrogens (tertiary/aromatic N) is 5. The van der Waals surface area contributed by atoms with Crippen LogP contribution in [0.5, 0.6) is 0 Å². The lowest BCUT2D eigenvalue weighted by molar-refractivity contribution is -0.141. The number of rotatable bonds is 5. The number of aromatic nitrogens is 4. The van der Waals surface area contributed by atoms with Gasteiger partial charge in [0.25, 0.3) is 5.91 Å². The van der Waals surface area contributed by atoms with Crippen molar-refractivity contribution in [3.05, 3.63) is 34.4 Å². The molecule has 4 heterocycles. The summed E-state index contributed by atoms with van der Waals surface area (Å²) in [5.41, 5.74) is 4.18. The normalized spacial score (nSPS) is 17.6. The van der Waals surface area contributed by atoms with Crippen LogP contribution >= 0.6 is 0 Å². The van der Waals surface area contributed by atoms with E-state index in [-0.39, 0.29) is 23.5 Å². The molecule has 0 bridgehead atoms. The summed E-state index contributed by atoms with van der Waals surface area (Å²) in [5, 5.41) is 11.8. The summed E-state index contributed by atoms with van der Waals surface area (Å²) in [4.78, 5) is 27.2. The summed E-state index contributed by atoms with van der Waals surface area (Å²) in [6.07, 6.45) is 2.75. The molecule has 0 atom stereocenters. The van der Waals surface area contributed by atoms with E-state index >= 15 is 0 Å². The Balaban J connectivity index is 1.36. The molecule has 0 radical (unpaired) electrons. The highest BCUT2D eigenvalue weighted by Crippen LogP contribution is 2.37. The lowest BCUT2D eigenvalue weighted by Gasteiger charge is -2.44. The average molecular weight is 443 g/mol. The van der Waals surface area contributed by atoms with Crippen LogP contribution in [0.1, 0.15) is 66.2 Å². The van der Waals surface area contributed by atoms with E-state index in [0.717, 1.165) is 35.5 Å². The maximum atomic E-state index is 12.8. The van der Waals surface area contributed by atoms with Crippen LogP contribution in [-0.4, -0.2) is 61.0 Å². The van der Waals surface area contributed by atoms with Crippen molar-refractivity contribution in [2.24, 2.45) is 7.05 Å². The highest BCUT2D eigenvalue weighted by Gasteiger charge is 2.42. The summed E-state index contributed by atoms with van der Waals surface area (Å²) in [5.74, 6) is 0.0107. The average Bonchev–Trinajstić information content (AvgIpc) is 3.24. The Morgan fingerprint density at radius 1 is 1.22 bits per heavy atom. The first-order chi connectivity index (χ1) is 15.2. The number of carbonyl (C=O) groups is 2. The third-order valence-electron chi connectivity index (χ3n) is 6.59. The molecule has 2 aliphatic heterocycles. The first kappa shape index (κ1) is 22.5. The molecule has 2 aromatic rings. The number of piperidine rings is 1. The minimum absolute atomic E-state index is 0.0547. The molecule has 1 fully saturated rings. The third kappa shape index (κ3) is 4.44. The SMILES string of the molecule is Cc1cc(C)n(CCC(=O)N2CCC3(CC2)Cc2c(c(C(=O)NC(C)C)nn2C)CO3)n1. The van der Waals surface area contributed by atoms with Gasteiger partial charge in [0.15, 0.2) is 5.69 Å². The Labute approximate surface area is 189 Å². The number of fused-ring (bicyclic) bond motifs is 1. The van der Waals surface area contributed by atoms with Crippen molar-refractivity contribution in [1.82, 2.24) is 29.8 Å². The molecule has 9 heteroatoms. The van der Waals surface area contributed by atoms with Gasteiger partial charge in [0.2, 0.25) is 5.91 Å². The molecule has 174 valence electrons. The Bertz CT molecular complexity index is 1010. The van der Waals surface area contributed by atoms with Crippen molar-refractivity contribution in [2.45, 2.75) is 78.2 Å². The van der Waals surface area contributed by atoms with Crippen LogP contribution in [0.25, 0.3) is 0 Å². The fraction of sp³-hybridized carbons (Fsp3) is 0.652. The summed E-state index contributed by atoms with van der Waals surface area (Å²) in [6, 6.07) is 2.08. The number of likely N-dealkylation sites (tertiary alicyclic amines) is 1. The van der Waals surface area contributed by atoms with Crippen LogP contribution in [0.4, 0.5) is 0 Å². The van der Waals surface area contributed by atoms with Gasteiger partial charge in [0, 0.05) is 62.5 Å². The Morgan fingerprint density at radius 3 is 2.56 bits per heavy atom. The standard InChI is InChI=1S/C23H34N6O3/c1-15(2)24-22(31)21-18-14-32-23(13-19(18)27(5)26-21)7-10-28(11-8-23)20(30)6-9-29-17(4)12-16(3)25-29/h12,15H,6-11,13-14H2,1-5H3,(H,24,31). The highest BCUT2D eigenvalue weighted by atomic mass is 16.5. The predicted octanol–water partition coefficient (Wildman–Crippen LogP) is 1.90. The molecular weight excluding hydrogens is 408 g/mol. The maximum absolute atomic E-state index is 12.8. The molecule has 2 amide bonds. The number of ether oxygens (including phenoxy) is 1. The van der Waals surface area contributed by atoms with Crippen molar-refractivity contribution < 1.29 is 14.3 Å². The zero-order valence-corrected chi connectivity index (χ0v) is 19.8. The first-order valence-corrected chi connectivity index (χ1v) is 11.5. The van der Waals surface area contributed by atoms with Crippen molar-refractivity contribution in [2.75, 3.05) is 13.1 Å². The van der Waals surface area contributed by atoms with E-state index in [1.165, 1.54) is 0 Å². The molecule has 1 saturated heterocycles.